The van der Waals surface area contributed by atoms with Gasteiger partial charge in [-0.1, -0.05) is 25.7 Å². The minimum absolute atomic E-state index is 0.775. The minimum Gasteiger partial charge on any atom is -0.350 e. The number of hydrogen-bond donors (Lipinski definition) is 4. The summed E-state index contributed by atoms with van der Waals surface area (Å²) in [4.78, 5) is 4.72. The zero-order valence-corrected chi connectivity index (χ0v) is 14.8. The van der Waals surface area contributed by atoms with Crippen LogP contribution < -0.4 is 21.3 Å². The van der Waals surface area contributed by atoms with E-state index in [-0.39, 0.29) is 0 Å². The third kappa shape index (κ3) is 7.04. The molecule has 8 heteroatoms. The topological polar surface area (TPSA) is 54.6 Å². The van der Waals surface area contributed by atoms with Crippen LogP contribution in [0.3, 0.4) is 0 Å². The standard InChI is InChI=1S/C14H28N6S2/c21-13-15-9-19(10-16-13)7-5-3-1-2-4-6-8-20-11-17-14(22)18-12-20/h1-12H2,(H2,15,16,21)(H2,17,18,22). The predicted molar refractivity (Wildman–Crippen MR) is 98.3 cm³/mol. The largest absolute Gasteiger partial charge is 0.350 e. The van der Waals surface area contributed by atoms with E-state index in [0.717, 1.165) is 50.0 Å². The van der Waals surface area contributed by atoms with Crippen molar-refractivity contribution in [3.05, 3.63) is 0 Å². The molecule has 2 heterocycles. The fourth-order valence-electron chi connectivity index (χ4n) is 2.67. The molecule has 2 aliphatic rings. The maximum atomic E-state index is 5.04. The Bertz CT molecular complexity index is 311. The molecule has 0 aliphatic carbocycles. The van der Waals surface area contributed by atoms with Crippen LogP contribution in [0.4, 0.5) is 0 Å². The van der Waals surface area contributed by atoms with Gasteiger partial charge in [0.1, 0.15) is 0 Å². The van der Waals surface area contributed by atoms with Crippen LogP contribution >= 0.6 is 24.4 Å². The van der Waals surface area contributed by atoms with Gasteiger partial charge in [-0.3, -0.25) is 9.80 Å². The van der Waals surface area contributed by atoms with Crippen LogP contribution in [0.5, 0.6) is 0 Å². The van der Waals surface area contributed by atoms with Gasteiger partial charge in [0.15, 0.2) is 10.2 Å². The van der Waals surface area contributed by atoms with Crippen molar-refractivity contribution in [2.75, 3.05) is 39.8 Å². The van der Waals surface area contributed by atoms with Gasteiger partial charge in [-0.15, -0.1) is 0 Å². The fraction of sp³-hybridized carbons (Fsp3) is 0.857. The zero-order chi connectivity index (χ0) is 15.6. The average molecular weight is 345 g/mol. The van der Waals surface area contributed by atoms with Crippen LogP contribution in [0.15, 0.2) is 0 Å². The van der Waals surface area contributed by atoms with Crippen molar-refractivity contribution >= 4 is 34.7 Å². The molecule has 0 unspecified atom stereocenters. The zero-order valence-electron chi connectivity index (χ0n) is 13.2. The third-order valence-corrected chi connectivity index (χ3v) is 4.63. The molecule has 0 aromatic carbocycles. The molecule has 0 radical (unpaired) electrons. The number of rotatable bonds is 9. The average Bonchev–Trinajstić information content (AvgIpc) is 2.53. The van der Waals surface area contributed by atoms with Crippen molar-refractivity contribution in [3.8, 4) is 0 Å². The van der Waals surface area contributed by atoms with E-state index < -0.39 is 0 Å². The lowest BCUT2D eigenvalue weighted by Crippen LogP contribution is -2.53. The molecule has 0 spiro atoms. The summed E-state index contributed by atoms with van der Waals surface area (Å²) in [6.45, 7) is 5.82. The molecule has 0 amide bonds. The van der Waals surface area contributed by atoms with Crippen LogP contribution in [-0.2, 0) is 0 Å². The number of nitrogens with one attached hydrogen (secondary N) is 4. The highest BCUT2D eigenvalue weighted by molar-refractivity contribution is 7.80. The first-order valence-electron chi connectivity index (χ1n) is 8.22. The molecule has 0 aromatic heterocycles. The molecule has 2 saturated heterocycles. The second kappa shape index (κ2) is 10.1. The Hall–Kier alpha value is -0.700. The van der Waals surface area contributed by atoms with E-state index in [1.165, 1.54) is 38.5 Å². The Kier molecular flexibility index (Phi) is 8.14. The molecule has 0 atom stereocenters. The monoisotopic (exact) mass is 344 g/mol. The van der Waals surface area contributed by atoms with Gasteiger partial charge in [0, 0.05) is 13.1 Å². The maximum Gasteiger partial charge on any atom is 0.168 e. The molecule has 22 heavy (non-hydrogen) atoms. The Morgan fingerprint density at radius 1 is 0.591 bits per heavy atom. The first-order valence-corrected chi connectivity index (χ1v) is 9.04. The van der Waals surface area contributed by atoms with Crippen molar-refractivity contribution in [2.24, 2.45) is 0 Å². The van der Waals surface area contributed by atoms with Crippen LogP contribution in [-0.4, -0.2) is 59.8 Å². The summed E-state index contributed by atoms with van der Waals surface area (Å²) in [7, 11) is 0. The van der Waals surface area contributed by atoms with Gasteiger partial charge in [0.05, 0.1) is 26.7 Å². The van der Waals surface area contributed by atoms with E-state index in [9.17, 15) is 0 Å². The number of unbranched alkanes of at least 4 members (excludes halogenated alkanes) is 5. The van der Waals surface area contributed by atoms with E-state index in [4.69, 9.17) is 24.4 Å². The minimum atomic E-state index is 0.775. The molecule has 2 fully saturated rings. The molecule has 0 aromatic rings. The van der Waals surface area contributed by atoms with E-state index >= 15 is 0 Å². The van der Waals surface area contributed by atoms with Crippen molar-refractivity contribution in [1.82, 2.24) is 31.1 Å². The predicted octanol–water partition coefficient (Wildman–Crippen LogP) is 0.716. The number of thiocarbonyl (C=S) groups is 2. The molecule has 2 rings (SSSR count). The van der Waals surface area contributed by atoms with Gasteiger partial charge in [0.25, 0.3) is 0 Å². The highest BCUT2D eigenvalue weighted by Crippen LogP contribution is 2.07. The Labute approximate surface area is 144 Å². The highest BCUT2D eigenvalue weighted by atomic mass is 32.1. The van der Waals surface area contributed by atoms with Gasteiger partial charge in [-0.25, -0.2) is 0 Å². The van der Waals surface area contributed by atoms with Crippen LogP contribution in [0.25, 0.3) is 0 Å². The van der Waals surface area contributed by atoms with E-state index in [2.05, 4.69) is 31.1 Å². The number of nitrogens with zero attached hydrogens (tertiary/aromatic N) is 2. The summed E-state index contributed by atoms with van der Waals surface area (Å²) < 4.78 is 0. The summed E-state index contributed by atoms with van der Waals surface area (Å²) in [5.74, 6) is 0. The second-order valence-electron chi connectivity index (χ2n) is 5.91. The molecular weight excluding hydrogens is 316 g/mol. The molecule has 0 bridgehead atoms. The lowest BCUT2D eigenvalue weighted by molar-refractivity contribution is 0.235. The quantitative estimate of drug-likeness (QED) is 0.361. The maximum absolute atomic E-state index is 5.04. The lowest BCUT2D eigenvalue weighted by atomic mass is 10.1. The molecule has 6 nitrogen and oxygen atoms in total. The summed E-state index contributed by atoms with van der Waals surface area (Å²) in [5, 5.41) is 14.2. The molecule has 0 saturated carbocycles. The molecule has 4 N–H and O–H groups in total. The van der Waals surface area contributed by atoms with Crippen molar-refractivity contribution in [3.63, 3.8) is 0 Å². The fourth-order valence-corrected chi connectivity index (χ4v) is 2.92. The van der Waals surface area contributed by atoms with Crippen molar-refractivity contribution < 1.29 is 0 Å². The summed E-state index contributed by atoms with van der Waals surface area (Å²) in [6.07, 6.45) is 7.87. The van der Waals surface area contributed by atoms with Gasteiger partial charge >= 0.3 is 0 Å². The van der Waals surface area contributed by atoms with Crippen molar-refractivity contribution in [2.45, 2.75) is 38.5 Å². The van der Waals surface area contributed by atoms with Crippen molar-refractivity contribution in [1.29, 1.82) is 0 Å². The summed E-state index contributed by atoms with van der Waals surface area (Å²) >= 11 is 10.1. The Morgan fingerprint density at radius 2 is 0.909 bits per heavy atom. The third-order valence-electron chi connectivity index (χ3n) is 4.05. The first kappa shape index (κ1) is 17.7. The van der Waals surface area contributed by atoms with E-state index in [0.29, 0.717) is 0 Å². The molecule has 2 aliphatic heterocycles. The van der Waals surface area contributed by atoms with Crippen LogP contribution in [0, 0.1) is 0 Å². The smallest absolute Gasteiger partial charge is 0.168 e. The summed E-state index contributed by atoms with van der Waals surface area (Å²) in [6, 6.07) is 0. The second-order valence-corrected chi connectivity index (χ2v) is 6.72. The molecule has 126 valence electrons. The van der Waals surface area contributed by atoms with E-state index in [1.54, 1.807) is 0 Å². The Morgan fingerprint density at radius 3 is 1.27 bits per heavy atom. The Balaban J connectivity index is 1.35. The normalized spacial score (nSPS) is 20.0. The van der Waals surface area contributed by atoms with Gasteiger partial charge in [-0.2, -0.15) is 0 Å². The lowest BCUT2D eigenvalue weighted by Gasteiger charge is -2.29. The highest BCUT2D eigenvalue weighted by Gasteiger charge is 2.11. The van der Waals surface area contributed by atoms with E-state index in [1.807, 2.05) is 0 Å². The molecular formula is C14H28N6S2. The van der Waals surface area contributed by atoms with Crippen LogP contribution in [0.2, 0.25) is 0 Å². The SMILES string of the molecule is S=C1NCN(CCCCCCCCN2CNC(=S)NC2)CN1. The van der Waals surface area contributed by atoms with Crippen LogP contribution in [0.1, 0.15) is 38.5 Å². The number of hydrogen-bond acceptors (Lipinski definition) is 4. The van der Waals surface area contributed by atoms with Gasteiger partial charge in [-0.05, 0) is 37.3 Å². The summed E-state index contributed by atoms with van der Waals surface area (Å²) in [5.41, 5.74) is 0. The van der Waals surface area contributed by atoms with Gasteiger partial charge in [0.2, 0.25) is 0 Å². The van der Waals surface area contributed by atoms with Gasteiger partial charge < -0.3 is 21.3 Å². The first-order chi connectivity index (χ1) is 10.7.